The quantitative estimate of drug-likeness (QED) is 0.677. The average molecular weight is 265 g/mol. The first-order valence-electron chi connectivity index (χ1n) is 6.36. The van der Waals surface area contributed by atoms with Gasteiger partial charge >= 0.3 is 0 Å². The van der Waals surface area contributed by atoms with Crippen LogP contribution in [-0.4, -0.2) is 22.0 Å². The van der Waals surface area contributed by atoms with Crippen molar-refractivity contribution in [1.29, 1.82) is 0 Å². The van der Waals surface area contributed by atoms with Crippen LogP contribution in [0.25, 0.3) is 11.3 Å². The number of hydrogen-bond acceptors (Lipinski definition) is 4. The SMILES string of the molecule is CNc1ccc(Nc2ncc(-c3ccc[nH]3)cn2)cc1. The van der Waals surface area contributed by atoms with Gasteiger partial charge in [-0.25, -0.2) is 9.97 Å². The molecule has 2 aromatic heterocycles. The van der Waals surface area contributed by atoms with E-state index < -0.39 is 0 Å². The van der Waals surface area contributed by atoms with E-state index in [-0.39, 0.29) is 0 Å². The van der Waals surface area contributed by atoms with Crippen LogP contribution >= 0.6 is 0 Å². The number of anilines is 3. The second-order valence-corrected chi connectivity index (χ2v) is 4.33. The van der Waals surface area contributed by atoms with E-state index in [0.717, 1.165) is 22.6 Å². The van der Waals surface area contributed by atoms with Crippen molar-refractivity contribution in [2.75, 3.05) is 17.7 Å². The molecule has 5 heteroatoms. The largest absolute Gasteiger partial charge is 0.388 e. The predicted octanol–water partition coefficient (Wildman–Crippen LogP) is 3.26. The van der Waals surface area contributed by atoms with Gasteiger partial charge in [0.15, 0.2) is 0 Å². The smallest absolute Gasteiger partial charge is 0.227 e. The fourth-order valence-corrected chi connectivity index (χ4v) is 1.89. The van der Waals surface area contributed by atoms with E-state index in [1.165, 1.54) is 0 Å². The molecular weight excluding hydrogens is 250 g/mol. The number of nitrogens with zero attached hydrogens (tertiary/aromatic N) is 2. The van der Waals surface area contributed by atoms with E-state index in [2.05, 4.69) is 25.6 Å². The lowest BCUT2D eigenvalue weighted by Crippen LogP contribution is -1.97. The fourth-order valence-electron chi connectivity index (χ4n) is 1.89. The highest BCUT2D eigenvalue weighted by molar-refractivity contribution is 5.61. The number of aromatic nitrogens is 3. The minimum atomic E-state index is 0.581. The minimum absolute atomic E-state index is 0.581. The number of nitrogens with one attached hydrogen (secondary N) is 3. The van der Waals surface area contributed by atoms with E-state index in [4.69, 9.17) is 0 Å². The van der Waals surface area contributed by atoms with Gasteiger partial charge in [0.1, 0.15) is 0 Å². The van der Waals surface area contributed by atoms with E-state index in [9.17, 15) is 0 Å². The van der Waals surface area contributed by atoms with E-state index in [0.29, 0.717) is 5.95 Å². The average Bonchev–Trinajstić information content (AvgIpc) is 3.03. The van der Waals surface area contributed by atoms with Gasteiger partial charge in [0.25, 0.3) is 0 Å². The summed E-state index contributed by atoms with van der Waals surface area (Å²) in [5.74, 6) is 0.581. The molecule has 0 unspecified atom stereocenters. The Balaban J connectivity index is 1.74. The van der Waals surface area contributed by atoms with Crippen molar-refractivity contribution in [1.82, 2.24) is 15.0 Å². The highest BCUT2D eigenvalue weighted by Gasteiger charge is 2.01. The first kappa shape index (κ1) is 12.2. The Labute approximate surface area is 117 Å². The van der Waals surface area contributed by atoms with Gasteiger partial charge in [-0.3, -0.25) is 0 Å². The Morgan fingerprint density at radius 3 is 2.25 bits per heavy atom. The lowest BCUT2D eigenvalue weighted by Gasteiger charge is -2.06. The van der Waals surface area contributed by atoms with Gasteiger partial charge in [-0.1, -0.05) is 0 Å². The summed E-state index contributed by atoms with van der Waals surface area (Å²) in [5, 5.41) is 6.25. The molecule has 3 aromatic rings. The number of benzene rings is 1. The summed E-state index contributed by atoms with van der Waals surface area (Å²) in [6.45, 7) is 0. The molecule has 0 aliphatic heterocycles. The van der Waals surface area contributed by atoms with Crippen LogP contribution in [0.3, 0.4) is 0 Å². The molecule has 20 heavy (non-hydrogen) atoms. The number of rotatable bonds is 4. The molecule has 0 bridgehead atoms. The van der Waals surface area contributed by atoms with E-state index in [1.807, 2.05) is 49.6 Å². The summed E-state index contributed by atoms with van der Waals surface area (Å²) >= 11 is 0. The Morgan fingerprint density at radius 2 is 1.65 bits per heavy atom. The van der Waals surface area contributed by atoms with E-state index >= 15 is 0 Å². The van der Waals surface area contributed by atoms with Crippen LogP contribution in [0.5, 0.6) is 0 Å². The van der Waals surface area contributed by atoms with Gasteiger partial charge in [0, 0.05) is 48.3 Å². The van der Waals surface area contributed by atoms with Gasteiger partial charge in [0.05, 0.1) is 0 Å². The Bertz CT molecular complexity index is 656. The molecule has 0 fully saturated rings. The number of H-pyrrole nitrogens is 1. The van der Waals surface area contributed by atoms with Crippen molar-refractivity contribution in [2.45, 2.75) is 0 Å². The second kappa shape index (κ2) is 5.44. The van der Waals surface area contributed by atoms with Gasteiger partial charge in [-0.05, 0) is 36.4 Å². The van der Waals surface area contributed by atoms with Gasteiger partial charge in [-0.2, -0.15) is 0 Å². The summed E-state index contributed by atoms with van der Waals surface area (Å²) in [6.07, 6.45) is 5.47. The zero-order valence-electron chi connectivity index (χ0n) is 11.1. The minimum Gasteiger partial charge on any atom is -0.388 e. The molecule has 1 aromatic carbocycles. The van der Waals surface area contributed by atoms with Crippen molar-refractivity contribution < 1.29 is 0 Å². The normalized spacial score (nSPS) is 10.2. The van der Waals surface area contributed by atoms with Crippen LogP contribution in [0.15, 0.2) is 55.0 Å². The van der Waals surface area contributed by atoms with Crippen molar-refractivity contribution in [3.05, 3.63) is 55.0 Å². The Kier molecular flexibility index (Phi) is 3.33. The molecule has 0 saturated carbocycles. The first-order chi connectivity index (χ1) is 9.85. The van der Waals surface area contributed by atoms with Crippen LogP contribution in [-0.2, 0) is 0 Å². The Morgan fingerprint density at radius 1 is 0.950 bits per heavy atom. The number of aromatic amines is 1. The lowest BCUT2D eigenvalue weighted by atomic mass is 10.2. The van der Waals surface area contributed by atoms with Crippen molar-refractivity contribution >= 4 is 17.3 Å². The highest BCUT2D eigenvalue weighted by Crippen LogP contribution is 2.18. The zero-order valence-corrected chi connectivity index (χ0v) is 11.1. The van der Waals surface area contributed by atoms with Crippen LogP contribution in [0.4, 0.5) is 17.3 Å². The monoisotopic (exact) mass is 265 g/mol. The molecule has 0 saturated heterocycles. The molecule has 100 valence electrons. The van der Waals surface area contributed by atoms with Gasteiger partial charge < -0.3 is 15.6 Å². The molecule has 0 aliphatic rings. The summed E-state index contributed by atoms with van der Waals surface area (Å²) in [4.78, 5) is 11.8. The van der Waals surface area contributed by atoms with Crippen LogP contribution in [0, 0.1) is 0 Å². The summed E-state index contributed by atoms with van der Waals surface area (Å²) in [6, 6.07) is 11.9. The fraction of sp³-hybridized carbons (Fsp3) is 0.0667. The lowest BCUT2D eigenvalue weighted by molar-refractivity contribution is 1.16. The van der Waals surface area contributed by atoms with Crippen LogP contribution in [0.2, 0.25) is 0 Å². The summed E-state index contributed by atoms with van der Waals surface area (Å²) < 4.78 is 0. The van der Waals surface area contributed by atoms with Crippen molar-refractivity contribution in [3.63, 3.8) is 0 Å². The Hall–Kier alpha value is -2.82. The maximum Gasteiger partial charge on any atom is 0.227 e. The van der Waals surface area contributed by atoms with Crippen molar-refractivity contribution in [3.8, 4) is 11.3 Å². The zero-order chi connectivity index (χ0) is 13.8. The molecule has 0 atom stereocenters. The summed E-state index contributed by atoms with van der Waals surface area (Å²) in [5.41, 5.74) is 4.00. The van der Waals surface area contributed by atoms with Crippen LogP contribution in [0.1, 0.15) is 0 Å². The third-order valence-corrected chi connectivity index (χ3v) is 2.99. The first-order valence-corrected chi connectivity index (χ1v) is 6.36. The molecule has 0 aliphatic carbocycles. The molecule has 3 N–H and O–H groups in total. The maximum atomic E-state index is 4.31. The molecule has 0 spiro atoms. The second-order valence-electron chi connectivity index (χ2n) is 4.33. The molecule has 5 nitrogen and oxygen atoms in total. The van der Waals surface area contributed by atoms with Gasteiger partial charge in [-0.15, -0.1) is 0 Å². The van der Waals surface area contributed by atoms with E-state index in [1.54, 1.807) is 12.4 Å². The standard InChI is InChI=1S/C15H15N5/c1-16-12-4-6-13(7-5-12)20-15-18-9-11(10-19-15)14-3-2-8-17-14/h2-10,16-17H,1H3,(H,18,19,20). The molecule has 2 heterocycles. The predicted molar refractivity (Wildman–Crippen MR) is 81.1 cm³/mol. The maximum absolute atomic E-state index is 4.31. The molecule has 3 rings (SSSR count). The summed E-state index contributed by atoms with van der Waals surface area (Å²) in [7, 11) is 1.89. The van der Waals surface area contributed by atoms with Gasteiger partial charge in [0.2, 0.25) is 5.95 Å². The number of hydrogen-bond donors (Lipinski definition) is 3. The van der Waals surface area contributed by atoms with Crippen LogP contribution < -0.4 is 10.6 Å². The third kappa shape index (κ3) is 2.61. The highest BCUT2D eigenvalue weighted by atomic mass is 15.1. The topological polar surface area (TPSA) is 65.6 Å². The third-order valence-electron chi connectivity index (χ3n) is 2.99. The van der Waals surface area contributed by atoms with Crippen molar-refractivity contribution in [2.24, 2.45) is 0 Å². The molecule has 0 amide bonds. The molecular formula is C15H15N5. The molecule has 0 radical (unpaired) electrons.